The maximum atomic E-state index is 4.84. The van der Waals surface area contributed by atoms with E-state index < -0.39 is 0 Å². The lowest BCUT2D eigenvalue weighted by Crippen LogP contribution is -2.47. The molecule has 2 saturated heterocycles. The van der Waals surface area contributed by atoms with E-state index in [1.54, 1.807) is 0 Å². The number of hydrogen-bond acceptors (Lipinski definition) is 8. The Morgan fingerprint density at radius 2 is 1.30 bits per heavy atom. The van der Waals surface area contributed by atoms with E-state index in [1.165, 1.54) is 19.3 Å². The Bertz CT molecular complexity index is 751. The van der Waals surface area contributed by atoms with Gasteiger partial charge in [-0.3, -0.25) is 0 Å². The van der Waals surface area contributed by atoms with E-state index in [1.807, 2.05) is 43.5 Å². The second-order valence-corrected chi connectivity index (χ2v) is 7.35. The molecule has 0 N–H and O–H groups in total. The summed E-state index contributed by atoms with van der Waals surface area (Å²) in [6.45, 7) is 5.69. The molecule has 8 heteroatoms. The van der Waals surface area contributed by atoms with Crippen molar-refractivity contribution in [3.05, 3.63) is 24.5 Å². The SMILES string of the molecule is CN(C)c1ccnc(N2CCN(c3nccc(N4CCCCC4)n3)CC2)n1. The topological polar surface area (TPSA) is 64.5 Å². The first-order valence-corrected chi connectivity index (χ1v) is 9.79. The van der Waals surface area contributed by atoms with Gasteiger partial charge in [-0.05, 0) is 31.4 Å². The summed E-state index contributed by atoms with van der Waals surface area (Å²) in [6, 6.07) is 3.96. The van der Waals surface area contributed by atoms with Crippen molar-refractivity contribution in [3.8, 4) is 0 Å². The van der Waals surface area contributed by atoms with Crippen LogP contribution in [0.15, 0.2) is 24.5 Å². The summed E-state index contributed by atoms with van der Waals surface area (Å²) in [5.74, 6) is 3.62. The number of hydrogen-bond donors (Lipinski definition) is 0. The van der Waals surface area contributed by atoms with Crippen LogP contribution in [-0.4, -0.2) is 73.3 Å². The third-order valence-corrected chi connectivity index (χ3v) is 5.24. The quantitative estimate of drug-likeness (QED) is 0.807. The first-order chi connectivity index (χ1) is 13.2. The molecule has 144 valence electrons. The van der Waals surface area contributed by atoms with Crippen molar-refractivity contribution in [2.45, 2.75) is 19.3 Å². The molecule has 0 spiro atoms. The minimum atomic E-state index is 0.795. The molecule has 4 heterocycles. The maximum absolute atomic E-state index is 4.84. The Morgan fingerprint density at radius 3 is 1.93 bits per heavy atom. The van der Waals surface area contributed by atoms with Crippen molar-refractivity contribution < 1.29 is 0 Å². The standard InChI is InChI=1S/C19H28N8/c1-24(2)16-6-8-20-18(22-16)26-12-14-27(15-13-26)19-21-9-7-17(23-19)25-10-4-3-5-11-25/h6-9H,3-5,10-15H2,1-2H3. The van der Waals surface area contributed by atoms with Crippen molar-refractivity contribution in [2.24, 2.45) is 0 Å². The minimum Gasteiger partial charge on any atom is -0.363 e. The largest absolute Gasteiger partial charge is 0.363 e. The van der Waals surface area contributed by atoms with E-state index in [0.717, 1.165) is 62.8 Å². The zero-order valence-corrected chi connectivity index (χ0v) is 16.3. The van der Waals surface area contributed by atoms with Crippen LogP contribution in [0.2, 0.25) is 0 Å². The molecule has 0 bridgehead atoms. The molecule has 0 atom stereocenters. The molecule has 27 heavy (non-hydrogen) atoms. The lowest BCUT2D eigenvalue weighted by Gasteiger charge is -2.35. The third kappa shape index (κ3) is 4.04. The first-order valence-electron chi connectivity index (χ1n) is 9.79. The van der Waals surface area contributed by atoms with Gasteiger partial charge in [-0.2, -0.15) is 9.97 Å². The van der Waals surface area contributed by atoms with E-state index in [0.29, 0.717) is 0 Å². The predicted octanol–water partition coefficient (Wildman–Crippen LogP) is 1.65. The van der Waals surface area contributed by atoms with Crippen molar-refractivity contribution >= 4 is 23.5 Å². The molecule has 2 aliphatic heterocycles. The average molecular weight is 368 g/mol. The van der Waals surface area contributed by atoms with Gasteiger partial charge in [0.15, 0.2) is 0 Å². The van der Waals surface area contributed by atoms with Crippen molar-refractivity contribution in [3.63, 3.8) is 0 Å². The van der Waals surface area contributed by atoms with Crippen molar-refractivity contribution in [1.82, 2.24) is 19.9 Å². The molecular weight excluding hydrogens is 340 g/mol. The summed E-state index contributed by atoms with van der Waals surface area (Å²) < 4.78 is 0. The van der Waals surface area contributed by atoms with Crippen LogP contribution < -0.4 is 19.6 Å². The van der Waals surface area contributed by atoms with Crippen LogP contribution >= 0.6 is 0 Å². The smallest absolute Gasteiger partial charge is 0.227 e. The Morgan fingerprint density at radius 1 is 0.704 bits per heavy atom. The molecule has 2 aliphatic rings. The minimum absolute atomic E-state index is 0.795. The van der Waals surface area contributed by atoms with Gasteiger partial charge in [0.25, 0.3) is 0 Å². The van der Waals surface area contributed by atoms with Gasteiger partial charge in [0.05, 0.1) is 0 Å². The van der Waals surface area contributed by atoms with Gasteiger partial charge in [0, 0.05) is 65.8 Å². The van der Waals surface area contributed by atoms with E-state index in [4.69, 9.17) is 4.98 Å². The molecule has 2 aromatic heterocycles. The lowest BCUT2D eigenvalue weighted by atomic mass is 10.1. The summed E-state index contributed by atoms with van der Waals surface area (Å²) in [4.78, 5) is 27.3. The molecule has 0 aromatic carbocycles. The van der Waals surface area contributed by atoms with Gasteiger partial charge in [-0.15, -0.1) is 0 Å². The second kappa shape index (κ2) is 7.94. The summed E-state index contributed by atoms with van der Waals surface area (Å²) >= 11 is 0. The van der Waals surface area contributed by atoms with Gasteiger partial charge in [0.2, 0.25) is 11.9 Å². The molecule has 0 unspecified atom stereocenters. The summed E-state index contributed by atoms with van der Waals surface area (Å²) in [5, 5.41) is 0. The van der Waals surface area contributed by atoms with Crippen molar-refractivity contribution in [2.75, 3.05) is 73.0 Å². The highest BCUT2D eigenvalue weighted by Crippen LogP contribution is 2.21. The molecule has 8 nitrogen and oxygen atoms in total. The number of piperazine rings is 1. The van der Waals surface area contributed by atoms with Crippen LogP contribution in [0.1, 0.15) is 19.3 Å². The van der Waals surface area contributed by atoms with Crippen molar-refractivity contribution in [1.29, 1.82) is 0 Å². The Kier molecular flexibility index (Phi) is 5.22. The fourth-order valence-electron chi connectivity index (χ4n) is 3.64. The zero-order valence-electron chi connectivity index (χ0n) is 16.3. The number of aromatic nitrogens is 4. The van der Waals surface area contributed by atoms with Gasteiger partial charge in [0.1, 0.15) is 11.6 Å². The molecule has 4 rings (SSSR count). The summed E-state index contributed by atoms with van der Waals surface area (Å²) in [5.41, 5.74) is 0. The molecule has 0 aliphatic carbocycles. The third-order valence-electron chi connectivity index (χ3n) is 5.24. The summed E-state index contributed by atoms with van der Waals surface area (Å²) in [6.07, 6.45) is 7.55. The highest BCUT2D eigenvalue weighted by Gasteiger charge is 2.22. The van der Waals surface area contributed by atoms with Crippen LogP contribution in [-0.2, 0) is 0 Å². The molecule has 0 saturated carbocycles. The van der Waals surface area contributed by atoms with E-state index in [9.17, 15) is 0 Å². The first kappa shape index (κ1) is 17.8. The maximum Gasteiger partial charge on any atom is 0.227 e. The Labute approximate surface area is 160 Å². The number of anilines is 4. The molecule has 0 amide bonds. The summed E-state index contributed by atoms with van der Waals surface area (Å²) in [7, 11) is 3.99. The highest BCUT2D eigenvalue weighted by molar-refractivity contribution is 5.47. The Balaban J connectivity index is 1.41. The van der Waals surface area contributed by atoms with Crippen LogP contribution in [0.25, 0.3) is 0 Å². The second-order valence-electron chi connectivity index (χ2n) is 7.35. The molecule has 2 aromatic rings. The van der Waals surface area contributed by atoms with Crippen LogP contribution in [0.4, 0.5) is 23.5 Å². The fourth-order valence-corrected chi connectivity index (χ4v) is 3.64. The zero-order chi connectivity index (χ0) is 18.6. The monoisotopic (exact) mass is 368 g/mol. The van der Waals surface area contributed by atoms with Gasteiger partial charge in [-0.25, -0.2) is 9.97 Å². The number of nitrogens with zero attached hydrogens (tertiary/aromatic N) is 8. The molecular formula is C19H28N8. The predicted molar refractivity (Wildman–Crippen MR) is 109 cm³/mol. The van der Waals surface area contributed by atoms with Crippen LogP contribution in [0, 0.1) is 0 Å². The lowest BCUT2D eigenvalue weighted by molar-refractivity contribution is 0.571. The number of piperidine rings is 1. The molecule has 2 fully saturated rings. The Hall–Kier alpha value is -2.64. The van der Waals surface area contributed by atoms with Gasteiger partial charge >= 0.3 is 0 Å². The van der Waals surface area contributed by atoms with Gasteiger partial charge in [-0.1, -0.05) is 0 Å². The van der Waals surface area contributed by atoms with E-state index in [-0.39, 0.29) is 0 Å². The van der Waals surface area contributed by atoms with Gasteiger partial charge < -0.3 is 19.6 Å². The average Bonchev–Trinajstić information content (AvgIpc) is 2.75. The highest BCUT2D eigenvalue weighted by atomic mass is 15.4. The normalized spacial score (nSPS) is 17.9. The fraction of sp³-hybridized carbons (Fsp3) is 0.579. The van der Waals surface area contributed by atoms with Crippen LogP contribution in [0.5, 0.6) is 0 Å². The van der Waals surface area contributed by atoms with Crippen LogP contribution in [0.3, 0.4) is 0 Å². The number of rotatable bonds is 4. The van der Waals surface area contributed by atoms with E-state index in [2.05, 4.69) is 29.7 Å². The van der Waals surface area contributed by atoms with E-state index >= 15 is 0 Å². The molecule has 0 radical (unpaired) electrons.